The number of rotatable bonds is 4. The van der Waals surface area contributed by atoms with Gasteiger partial charge >= 0.3 is 0 Å². The van der Waals surface area contributed by atoms with Crippen LogP contribution < -0.4 is 10.6 Å². The molecule has 7 heteroatoms. The molecule has 0 saturated heterocycles. The number of amides is 2. The summed E-state index contributed by atoms with van der Waals surface area (Å²) in [7, 11) is 0. The normalized spacial score (nSPS) is 16.0. The summed E-state index contributed by atoms with van der Waals surface area (Å²) in [5, 5.41) is 11.2. The molecule has 112 valence electrons. The van der Waals surface area contributed by atoms with Crippen LogP contribution in [-0.4, -0.2) is 23.3 Å². The minimum absolute atomic E-state index is 0.106. The van der Waals surface area contributed by atoms with E-state index >= 15 is 0 Å². The number of nitro benzene ring substituents is 1. The SMILES string of the molecule is CCN1C(=O)C(C)(C)c2cc([N+](=O)[O-])c(CC(N)=O)cc21. The molecule has 0 aliphatic carbocycles. The van der Waals surface area contributed by atoms with E-state index in [1.54, 1.807) is 18.7 Å². The van der Waals surface area contributed by atoms with Crippen molar-refractivity contribution in [2.75, 3.05) is 11.4 Å². The molecule has 0 fully saturated rings. The van der Waals surface area contributed by atoms with E-state index in [0.29, 0.717) is 17.8 Å². The second-order valence-corrected chi connectivity index (χ2v) is 5.57. The zero-order valence-electron chi connectivity index (χ0n) is 12.2. The topological polar surface area (TPSA) is 107 Å². The number of likely N-dealkylation sites (N-methyl/N-ethyl adjacent to an activating group) is 1. The number of anilines is 1. The van der Waals surface area contributed by atoms with Crippen LogP contribution in [0, 0.1) is 10.1 Å². The molecule has 0 unspecified atom stereocenters. The van der Waals surface area contributed by atoms with Crippen LogP contribution in [0.25, 0.3) is 0 Å². The van der Waals surface area contributed by atoms with E-state index < -0.39 is 16.2 Å². The van der Waals surface area contributed by atoms with Gasteiger partial charge in [0.05, 0.1) is 16.8 Å². The standard InChI is InChI=1S/C14H17N3O4/c1-4-16-11-5-8(6-12(15)18)10(17(20)21)7-9(11)14(2,3)13(16)19/h5,7H,4,6H2,1-3H3,(H2,15,18). The summed E-state index contributed by atoms with van der Waals surface area (Å²) in [4.78, 5) is 35.7. The quantitative estimate of drug-likeness (QED) is 0.665. The van der Waals surface area contributed by atoms with E-state index in [4.69, 9.17) is 5.73 Å². The highest BCUT2D eigenvalue weighted by molar-refractivity contribution is 6.08. The molecule has 2 rings (SSSR count). The first-order valence-electron chi connectivity index (χ1n) is 6.62. The molecule has 0 saturated carbocycles. The zero-order valence-corrected chi connectivity index (χ0v) is 12.2. The van der Waals surface area contributed by atoms with Crippen LogP contribution in [0.2, 0.25) is 0 Å². The maximum absolute atomic E-state index is 12.4. The summed E-state index contributed by atoms with van der Waals surface area (Å²) in [6.07, 6.45) is -0.226. The number of hydrogen-bond donors (Lipinski definition) is 1. The Morgan fingerprint density at radius 2 is 2.05 bits per heavy atom. The fourth-order valence-electron chi connectivity index (χ4n) is 2.72. The second-order valence-electron chi connectivity index (χ2n) is 5.57. The van der Waals surface area contributed by atoms with E-state index in [1.165, 1.54) is 12.1 Å². The number of primary amides is 1. The van der Waals surface area contributed by atoms with Crippen molar-refractivity contribution in [1.29, 1.82) is 0 Å². The lowest BCUT2D eigenvalue weighted by Crippen LogP contribution is -2.35. The van der Waals surface area contributed by atoms with Crippen molar-refractivity contribution in [2.45, 2.75) is 32.6 Å². The Morgan fingerprint density at radius 3 is 2.52 bits per heavy atom. The molecule has 0 atom stereocenters. The molecule has 2 N–H and O–H groups in total. The monoisotopic (exact) mass is 291 g/mol. The first kappa shape index (κ1) is 15.0. The predicted molar refractivity (Wildman–Crippen MR) is 77.0 cm³/mol. The first-order valence-corrected chi connectivity index (χ1v) is 6.62. The lowest BCUT2D eigenvalue weighted by atomic mass is 9.85. The molecule has 0 bridgehead atoms. The average Bonchev–Trinajstić information content (AvgIpc) is 2.55. The molecule has 0 radical (unpaired) electrons. The van der Waals surface area contributed by atoms with Gasteiger partial charge in [0, 0.05) is 23.9 Å². The second kappa shape index (κ2) is 4.83. The Labute approximate surface area is 121 Å². The number of nitrogens with zero attached hydrogens (tertiary/aromatic N) is 2. The van der Waals surface area contributed by atoms with Crippen LogP contribution in [0.5, 0.6) is 0 Å². The summed E-state index contributed by atoms with van der Waals surface area (Å²) in [6.45, 7) is 5.77. The largest absolute Gasteiger partial charge is 0.369 e. The van der Waals surface area contributed by atoms with Gasteiger partial charge in [-0.2, -0.15) is 0 Å². The van der Waals surface area contributed by atoms with Crippen LogP contribution in [0.1, 0.15) is 31.9 Å². The fourth-order valence-corrected chi connectivity index (χ4v) is 2.72. The molecular formula is C14H17N3O4. The third-order valence-corrected chi connectivity index (χ3v) is 3.82. The van der Waals surface area contributed by atoms with Gasteiger partial charge in [0.25, 0.3) is 5.69 Å². The molecule has 0 spiro atoms. The van der Waals surface area contributed by atoms with Crippen molar-refractivity contribution in [2.24, 2.45) is 5.73 Å². The Morgan fingerprint density at radius 1 is 1.43 bits per heavy atom. The van der Waals surface area contributed by atoms with Gasteiger partial charge < -0.3 is 10.6 Å². The Balaban J connectivity index is 2.70. The van der Waals surface area contributed by atoms with E-state index in [2.05, 4.69) is 0 Å². The van der Waals surface area contributed by atoms with Crippen LogP contribution >= 0.6 is 0 Å². The van der Waals surface area contributed by atoms with Crippen molar-refractivity contribution in [3.8, 4) is 0 Å². The third-order valence-electron chi connectivity index (χ3n) is 3.82. The van der Waals surface area contributed by atoms with Gasteiger partial charge in [-0.15, -0.1) is 0 Å². The molecular weight excluding hydrogens is 274 g/mol. The molecule has 1 aromatic rings. The van der Waals surface area contributed by atoms with Crippen molar-refractivity contribution >= 4 is 23.2 Å². The van der Waals surface area contributed by atoms with E-state index in [1.807, 2.05) is 6.92 Å². The van der Waals surface area contributed by atoms with Gasteiger partial charge in [0.1, 0.15) is 0 Å². The maximum Gasteiger partial charge on any atom is 0.273 e. The van der Waals surface area contributed by atoms with Crippen LogP contribution in [0.15, 0.2) is 12.1 Å². The van der Waals surface area contributed by atoms with Crippen molar-refractivity contribution in [3.05, 3.63) is 33.4 Å². The number of benzene rings is 1. The van der Waals surface area contributed by atoms with Crippen LogP contribution in [-0.2, 0) is 21.4 Å². The van der Waals surface area contributed by atoms with Gasteiger partial charge in [0.2, 0.25) is 11.8 Å². The minimum Gasteiger partial charge on any atom is -0.369 e. The molecule has 2 amide bonds. The van der Waals surface area contributed by atoms with E-state index in [-0.39, 0.29) is 23.6 Å². The van der Waals surface area contributed by atoms with Gasteiger partial charge in [0.15, 0.2) is 0 Å². The van der Waals surface area contributed by atoms with Gasteiger partial charge in [-0.25, -0.2) is 0 Å². The van der Waals surface area contributed by atoms with Crippen LogP contribution in [0.4, 0.5) is 11.4 Å². The Hall–Kier alpha value is -2.44. The maximum atomic E-state index is 12.4. The highest BCUT2D eigenvalue weighted by Crippen LogP contribution is 2.44. The highest BCUT2D eigenvalue weighted by atomic mass is 16.6. The van der Waals surface area contributed by atoms with E-state index in [0.717, 1.165) is 0 Å². The molecule has 1 aliphatic heterocycles. The number of fused-ring (bicyclic) bond motifs is 1. The Bertz CT molecular complexity index is 652. The summed E-state index contributed by atoms with van der Waals surface area (Å²) >= 11 is 0. The summed E-state index contributed by atoms with van der Waals surface area (Å²) in [5.41, 5.74) is 5.61. The van der Waals surface area contributed by atoms with Gasteiger partial charge in [-0.3, -0.25) is 19.7 Å². The third kappa shape index (κ3) is 2.24. The number of carbonyl (C=O) groups excluding carboxylic acids is 2. The van der Waals surface area contributed by atoms with Crippen molar-refractivity contribution in [1.82, 2.24) is 0 Å². The molecule has 1 aromatic carbocycles. The molecule has 0 aromatic heterocycles. The zero-order chi connectivity index (χ0) is 15.9. The number of nitro groups is 1. The van der Waals surface area contributed by atoms with Gasteiger partial charge in [-0.05, 0) is 32.4 Å². The average molecular weight is 291 g/mol. The van der Waals surface area contributed by atoms with E-state index in [9.17, 15) is 19.7 Å². The lowest BCUT2D eigenvalue weighted by molar-refractivity contribution is -0.385. The van der Waals surface area contributed by atoms with Crippen molar-refractivity contribution in [3.63, 3.8) is 0 Å². The predicted octanol–water partition coefficient (Wildman–Crippen LogP) is 1.27. The smallest absolute Gasteiger partial charge is 0.273 e. The first-order chi connectivity index (χ1) is 9.70. The summed E-state index contributed by atoms with van der Waals surface area (Å²) in [6, 6.07) is 2.93. The molecule has 21 heavy (non-hydrogen) atoms. The fraction of sp³-hybridized carbons (Fsp3) is 0.429. The number of nitrogens with two attached hydrogens (primary N) is 1. The van der Waals surface area contributed by atoms with Crippen LogP contribution in [0.3, 0.4) is 0 Å². The summed E-state index contributed by atoms with van der Waals surface area (Å²) in [5.74, 6) is -0.754. The Kier molecular flexibility index (Phi) is 3.44. The van der Waals surface area contributed by atoms with Gasteiger partial charge in [-0.1, -0.05) is 0 Å². The number of carbonyl (C=O) groups is 2. The van der Waals surface area contributed by atoms with Crippen molar-refractivity contribution < 1.29 is 14.5 Å². The molecule has 1 heterocycles. The minimum atomic E-state index is -0.818. The highest BCUT2D eigenvalue weighted by Gasteiger charge is 2.44. The molecule has 1 aliphatic rings. The molecule has 7 nitrogen and oxygen atoms in total. The summed E-state index contributed by atoms with van der Waals surface area (Å²) < 4.78 is 0. The lowest BCUT2D eigenvalue weighted by Gasteiger charge is -2.18. The number of hydrogen-bond acceptors (Lipinski definition) is 4.